The van der Waals surface area contributed by atoms with Gasteiger partial charge in [-0.2, -0.15) is 0 Å². The lowest BCUT2D eigenvalue weighted by Gasteiger charge is -2.38. The maximum atomic E-state index is 13.3. The van der Waals surface area contributed by atoms with Crippen molar-refractivity contribution < 1.29 is 27.5 Å². The Morgan fingerprint density at radius 3 is 2.40 bits per heavy atom. The minimum atomic E-state index is -3.92. The summed E-state index contributed by atoms with van der Waals surface area (Å²) in [4.78, 5) is 33.8. The van der Waals surface area contributed by atoms with Gasteiger partial charge in [0.1, 0.15) is 18.5 Å². The van der Waals surface area contributed by atoms with Gasteiger partial charge in [0.15, 0.2) is 18.2 Å². The lowest BCUT2D eigenvalue weighted by Crippen LogP contribution is -2.51. The van der Waals surface area contributed by atoms with Crippen molar-refractivity contribution in [3.8, 4) is 0 Å². The van der Waals surface area contributed by atoms with Crippen molar-refractivity contribution in [1.29, 1.82) is 0 Å². The lowest BCUT2D eigenvalue weighted by atomic mass is 10.0. The van der Waals surface area contributed by atoms with Crippen LogP contribution in [0.1, 0.15) is 33.6 Å². The van der Waals surface area contributed by atoms with Gasteiger partial charge in [0.05, 0.1) is 24.0 Å². The van der Waals surface area contributed by atoms with Crippen LogP contribution in [0.15, 0.2) is 53.2 Å². The van der Waals surface area contributed by atoms with Crippen LogP contribution in [0.4, 0.5) is 0 Å². The molecule has 1 N–H and O–H groups in total. The van der Waals surface area contributed by atoms with Crippen molar-refractivity contribution in [1.82, 2.24) is 19.6 Å². The monoisotopic (exact) mass is 648 g/mol. The van der Waals surface area contributed by atoms with Gasteiger partial charge in [-0.05, 0) is 66.0 Å². The highest BCUT2D eigenvalue weighted by atomic mass is 35.5. The van der Waals surface area contributed by atoms with Crippen LogP contribution in [0, 0.1) is 0 Å². The maximum Gasteiger partial charge on any atom is 0.273 e. The van der Waals surface area contributed by atoms with Gasteiger partial charge in [-0.15, -0.1) is 0 Å². The molecule has 0 bridgehead atoms. The molecule has 2 saturated heterocycles. The number of hydrogen-bond donors (Lipinski definition) is 1. The van der Waals surface area contributed by atoms with Crippen LogP contribution in [-0.4, -0.2) is 104 Å². The fourth-order valence-electron chi connectivity index (χ4n) is 5.49. The SMILES string of the molecule is CC(C)(C)[Si](C)(C)OCN1C=C2C(=O)N(C3CCN(C(=O)[C@H](O)CS(=O)(=O)c4ccc5cc(Cl)ccc5c4)CC3)CN2C1. The van der Waals surface area contributed by atoms with E-state index in [1.165, 1.54) is 17.0 Å². The number of amides is 2. The molecule has 2 aromatic rings. The summed E-state index contributed by atoms with van der Waals surface area (Å²) in [5.74, 6) is -1.33. The third kappa shape index (κ3) is 6.58. The second kappa shape index (κ2) is 11.7. The van der Waals surface area contributed by atoms with E-state index in [2.05, 4.69) is 33.9 Å². The minimum Gasteiger partial charge on any atom is -0.400 e. The average molecular weight is 649 g/mol. The Bertz CT molecular complexity index is 1550. The Hall–Kier alpha value is -2.64. The number of nitrogens with zero attached hydrogens (tertiary/aromatic N) is 4. The number of piperidine rings is 1. The molecule has 1 atom stereocenters. The molecule has 43 heavy (non-hydrogen) atoms. The van der Waals surface area contributed by atoms with Crippen LogP contribution in [0.2, 0.25) is 23.2 Å². The molecular formula is C30H41ClN4O6SSi. The van der Waals surface area contributed by atoms with Crippen LogP contribution in [0.5, 0.6) is 0 Å². The summed E-state index contributed by atoms with van der Waals surface area (Å²) in [7, 11) is -5.82. The summed E-state index contributed by atoms with van der Waals surface area (Å²) in [6.45, 7) is 13.2. The molecule has 3 heterocycles. The van der Waals surface area contributed by atoms with Gasteiger partial charge < -0.3 is 29.1 Å². The predicted octanol–water partition coefficient (Wildman–Crippen LogP) is 3.81. The normalized spacial score (nSPS) is 19.3. The molecule has 0 spiro atoms. The van der Waals surface area contributed by atoms with Crippen molar-refractivity contribution in [2.45, 2.75) is 68.8 Å². The van der Waals surface area contributed by atoms with Gasteiger partial charge in [-0.25, -0.2) is 8.42 Å². The molecule has 234 valence electrons. The summed E-state index contributed by atoms with van der Waals surface area (Å²) < 4.78 is 32.4. The highest BCUT2D eigenvalue weighted by molar-refractivity contribution is 7.91. The lowest BCUT2D eigenvalue weighted by molar-refractivity contribution is -0.141. The number of likely N-dealkylation sites (tertiary alicyclic amines) is 1. The van der Waals surface area contributed by atoms with Crippen LogP contribution >= 0.6 is 11.6 Å². The van der Waals surface area contributed by atoms with Crippen LogP contribution in [0.25, 0.3) is 10.8 Å². The molecule has 3 aliphatic rings. The van der Waals surface area contributed by atoms with Crippen molar-refractivity contribution in [2.24, 2.45) is 0 Å². The number of aliphatic hydroxyl groups excluding tert-OH is 1. The van der Waals surface area contributed by atoms with Crippen molar-refractivity contribution in [3.63, 3.8) is 0 Å². The topological polar surface area (TPSA) is 111 Å². The fourth-order valence-corrected chi connectivity index (χ4v) is 7.92. The third-order valence-corrected chi connectivity index (χ3v) is 15.6. The molecule has 2 fully saturated rings. The van der Waals surface area contributed by atoms with E-state index in [1.807, 2.05) is 20.9 Å². The first-order valence-electron chi connectivity index (χ1n) is 14.6. The highest BCUT2D eigenvalue weighted by Gasteiger charge is 2.43. The largest absolute Gasteiger partial charge is 0.400 e. The summed E-state index contributed by atoms with van der Waals surface area (Å²) in [5, 5.41) is 12.8. The Kier molecular flexibility index (Phi) is 8.64. The molecule has 5 rings (SSSR count). The van der Waals surface area contributed by atoms with Gasteiger partial charge >= 0.3 is 0 Å². The Morgan fingerprint density at radius 1 is 1.09 bits per heavy atom. The number of sulfone groups is 1. The van der Waals surface area contributed by atoms with Crippen LogP contribution in [0.3, 0.4) is 0 Å². The van der Waals surface area contributed by atoms with Crippen molar-refractivity contribution in [2.75, 3.05) is 38.9 Å². The Morgan fingerprint density at radius 2 is 1.74 bits per heavy atom. The van der Waals surface area contributed by atoms with Gasteiger partial charge in [-0.3, -0.25) is 9.59 Å². The smallest absolute Gasteiger partial charge is 0.273 e. The number of carbonyl (C=O) groups excluding carboxylic acids is 2. The van der Waals surface area contributed by atoms with Gasteiger partial charge in [0, 0.05) is 30.4 Å². The summed E-state index contributed by atoms with van der Waals surface area (Å²) >= 11 is 6.02. The first kappa shape index (κ1) is 31.8. The van der Waals surface area contributed by atoms with E-state index in [9.17, 15) is 23.1 Å². The molecule has 0 aromatic heterocycles. The standard InChI is InChI=1S/C30H41ClN4O6SSi/c1-30(2,3)43(4,5)41-20-32-16-26-28(37)35(19-34(26)18-32)24-10-12-33(13-11-24)29(38)27(36)17-42(39,40)25-9-7-21-14-23(31)8-6-22(21)15-25/h6-9,14-16,24,27,36H,10-13,17-20H2,1-5H3/t27-/m1/s1. The zero-order chi connectivity index (χ0) is 31.3. The van der Waals surface area contributed by atoms with Gasteiger partial charge in [0.25, 0.3) is 11.8 Å². The van der Waals surface area contributed by atoms with E-state index in [0.29, 0.717) is 62.1 Å². The van der Waals surface area contributed by atoms with Crippen LogP contribution < -0.4 is 0 Å². The Balaban J connectivity index is 1.13. The third-order valence-electron chi connectivity index (χ3n) is 9.21. The summed E-state index contributed by atoms with van der Waals surface area (Å²) in [6.07, 6.45) is 1.33. The molecule has 2 amide bonds. The number of carbonyl (C=O) groups is 2. The first-order valence-corrected chi connectivity index (χ1v) is 19.5. The number of halogens is 1. The number of hydrogen-bond acceptors (Lipinski definition) is 8. The number of fused-ring (bicyclic) bond motifs is 2. The van der Waals surface area contributed by atoms with E-state index in [4.69, 9.17) is 16.0 Å². The number of rotatable bonds is 8. The molecular weight excluding hydrogens is 608 g/mol. The fraction of sp³-hybridized carbons (Fsp3) is 0.533. The maximum absolute atomic E-state index is 13.3. The number of aliphatic hydroxyl groups is 1. The minimum absolute atomic E-state index is 0.0246. The van der Waals surface area contributed by atoms with E-state index in [-0.39, 0.29) is 21.9 Å². The molecule has 0 unspecified atom stereocenters. The van der Waals surface area contributed by atoms with Crippen LogP contribution in [-0.2, 0) is 23.9 Å². The second-order valence-electron chi connectivity index (χ2n) is 13.2. The van der Waals surface area contributed by atoms with E-state index in [1.54, 1.807) is 24.3 Å². The van der Waals surface area contributed by atoms with E-state index in [0.717, 1.165) is 5.39 Å². The summed E-state index contributed by atoms with van der Waals surface area (Å²) in [5.41, 5.74) is 0.662. The second-order valence-corrected chi connectivity index (χ2v) is 20.5. The highest BCUT2D eigenvalue weighted by Crippen LogP contribution is 2.37. The predicted molar refractivity (Wildman–Crippen MR) is 168 cm³/mol. The Labute approximate surface area is 259 Å². The van der Waals surface area contributed by atoms with Gasteiger partial charge in [0.2, 0.25) is 0 Å². The van der Waals surface area contributed by atoms with E-state index >= 15 is 0 Å². The molecule has 0 radical (unpaired) electrons. The molecule has 10 nitrogen and oxygen atoms in total. The van der Waals surface area contributed by atoms with Crippen molar-refractivity contribution in [3.05, 3.63) is 53.3 Å². The zero-order valence-corrected chi connectivity index (χ0v) is 28.0. The molecule has 13 heteroatoms. The molecule has 2 aromatic carbocycles. The molecule has 0 saturated carbocycles. The summed E-state index contributed by atoms with van der Waals surface area (Å²) in [6, 6.07) is 9.77. The zero-order valence-electron chi connectivity index (χ0n) is 25.4. The number of benzene rings is 2. The van der Waals surface area contributed by atoms with Gasteiger partial charge in [-0.1, -0.05) is 44.5 Å². The molecule has 0 aliphatic carbocycles. The average Bonchev–Trinajstić information content (AvgIpc) is 3.48. The van der Waals surface area contributed by atoms with E-state index < -0.39 is 35.9 Å². The molecule has 3 aliphatic heterocycles. The van der Waals surface area contributed by atoms with Crippen molar-refractivity contribution >= 4 is 52.3 Å². The quantitative estimate of drug-likeness (QED) is 0.431. The first-order chi connectivity index (χ1) is 20.1.